The molecule has 0 amide bonds. The molecule has 5 heteroatoms. The lowest BCUT2D eigenvalue weighted by molar-refractivity contribution is -0.0380. The summed E-state index contributed by atoms with van der Waals surface area (Å²) in [6.45, 7) is 5.50. The van der Waals surface area contributed by atoms with Crippen molar-refractivity contribution in [3.8, 4) is 0 Å². The Labute approximate surface area is 102 Å². The van der Waals surface area contributed by atoms with Crippen LogP contribution in [0.15, 0.2) is 0 Å². The van der Waals surface area contributed by atoms with Crippen LogP contribution in [0.2, 0.25) is 0 Å². The summed E-state index contributed by atoms with van der Waals surface area (Å²) in [5, 5.41) is 9.18. The van der Waals surface area contributed by atoms with Crippen LogP contribution >= 0.6 is 23.2 Å². The lowest BCUT2D eigenvalue weighted by Crippen LogP contribution is -2.28. The van der Waals surface area contributed by atoms with E-state index < -0.39 is 6.10 Å². The minimum absolute atomic E-state index is 0.169. The number of hydrogen-bond donors (Lipinski definition) is 1. The van der Waals surface area contributed by atoms with Gasteiger partial charge in [-0.3, -0.25) is 0 Å². The van der Waals surface area contributed by atoms with Gasteiger partial charge < -0.3 is 14.6 Å². The molecule has 0 radical (unpaired) electrons. The normalized spacial score (nSPS) is 15.6. The van der Waals surface area contributed by atoms with Crippen LogP contribution in [-0.4, -0.2) is 48.9 Å². The first-order chi connectivity index (χ1) is 7.10. The second kappa shape index (κ2) is 9.67. The quantitative estimate of drug-likeness (QED) is 0.642. The van der Waals surface area contributed by atoms with Crippen LogP contribution in [0.25, 0.3) is 0 Å². The van der Waals surface area contributed by atoms with E-state index >= 15 is 0 Å². The highest BCUT2D eigenvalue weighted by Gasteiger charge is 2.11. The van der Waals surface area contributed by atoms with Crippen molar-refractivity contribution in [1.82, 2.24) is 0 Å². The first kappa shape index (κ1) is 15.5. The third-order valence-corrected chi connectivity index (χ3v) is 2.33. The number of aliphatic hydroxyl groups is 1. The maximum absolute atomic E-state index is 9.18. The summed E-state index contributed by atoms with van der Waals surface area (Å²) >= 11 is 11.1. The molecule has 0 aromatic heterocycles. The van der Waals surface area contributed by atoms with Gasteiger partial charge in [0.2, 0.25) is 0 Å². The second-order valence-corrected chi connectivity index (χ2v) is 4.47. The number of alkyl halides is 2. The first-order valence-electron chi connectivity index (χ1n) is 5.09. The lowest BCUT2D eigenvalue weighted by Gasteiger charge is -2.17. The summed E-state index contributed by atoms with van der Waals surface area (Å²) in [7, 11) is 0. The number of aliphatic hydroxyl groups excluding tert-OH is 1. The molecular formula is C10H20Cl2O3. The molecule has 0 aromatic rings. The van der Waals surface area contributed by atoms with E-state index in [1.165, 1.54) is 0 Å². The average Bonchev–Trinajstić information content (AvgIpc) is 2.22. The molecule has 0 aliphatic carbocycles. The van der Waals surface area contributed by atoms with Crippen LogP contribution in [0.4, 0.5) is 0 Å². The summed E-state index contributed by atoms with van der Waals surface area (Å²) in [5.74, 6) is 1.02. The zero-order valence-corrected chi connectivity index (χ0v) is 10.8. The fourth-order valence-corrected chi connectivity index (χ4v) is 1.13. The third-order valence-electron chi connectivity index (χ3n) is 1.63. The Hall–Kier alpha value is 0.460. The molecule has 15 heavy (non-hydrogen) atoms. The van der Waals surface area contributed by atoms with Gasteiger partial charge in [-0.15, -0.1) is 23.2 Å². The van der Waals surface area contributed by atoms with E-state index in [-0.39, 0.29) is 18.6 Å². The van der Waals surface area contributed by atoms with Gasteiger partial charge in [-0.05, 0) is 5.92 Å². The van der Waals surface area contributed by atoms with Crippen LogP contribution in [0.3, 0.4) is 0 Å². The minimum atomic E-state index is -0.637. The largest absolute Gasteiger partial charge is 0.389 e. The van der Waals surface area contributed by atoms with Crippen LogP contribution < -0.4 is 0 Å². The van der Waals surface area contributed by atoms with E-state index in [0.29, 0.717) is 25.0 Å². The van der Waals surface area contributed by atoms with Crippen LogP contribution in [-0.2, 0) is 9.47 Å². The van der Waals surface area contributed by atoms with Crippen molar-refractivity contribution in [2.45, 2.75) is 26.1 Å². The zero-order valence-electron chi connectivity index (χ0n) is 9.29. The van der Waals surface area contributed by atoms with E-state index in [1.807, 2.05) is 0 Å². The Bertz CT molecular complexity index is 145. The minimum Gasteiger partial charge on any atom is -0.389 e. The van der Waals surface area contributed by atoms with Gasteiger partial charge in [-0.1, -0.05) is 13.8 Å². The SMILES string of the molecule is CC(C)COCC(CCl)OCC(O)CCl. The molecule has 0 saturated heterocycles. The predicted molar refractivity (Wildman–Crippen MR) is 62.8 cm³/mol. The lowest BCUT2D eigenvalue weighted by atomic mass is 10.2. The Morgan fingerprint density at radius 1 is 1.07 bits per heavy atom. The Kier molecular flexibility index (Phi) is 9.97. The maximum Gasteiger partial charge on any atom is 0.0944 e. The van der Waals surface area contributed by atoms with Gasteiger partial charge in [-0.25, -0.2) is 0 Å². The van der Waals surface area contributed by atoms with Crippen molar-refractivity contribution >= 4 is 23.2 Å². The highest BCUT2D eigenvalue weighted by Crippen LogP contribution is 2.01. The molecule has 1 N–H and O–H groups in total. The molecule has 0 aromatic carbocycles. The molecule has 0 aliphatic heterocycles. The molecule has 2 unspecified atom stereocenters. The highest BCUT2D eigenvalue weighted by molar-refractivity contribution is 6.18. The van der Waals surface area contributed by atoms with Crippen molar-refractivity contribution in [3.63, 3.8) is 0 Å². The van der Waals surface area contributed by atoms with E-state index in [0.717, 1.165) is 0 Å². The summed E-state index contributed by atoms with van der Waals surface area (Å²) in [6, 6.07) is 0. The third kappa shape index (κ3) is 9.39. The molecular weight excluding hydrogens is 239 g/mol. The van der Waals surface area contributed by atoms with Gasteiger partial charge >= 0.3 is 0 Å². The van der Waals surface area contributed by atoms with Crippen molar-refractivity contribution < 1.29 is 14.6 Å². The van der Waals surface area contributed by atoms with Crippen LogP contribution in [0, 0.1) is 5.92 Å². The van der Waals surface area contributed by atoms with Crippen LogP contribution in [0.1, 0.15) is 13.8 Å². The topological polar surface area (TPSA) is 38.7 Å². The van der Waals surface area contributed by atoms with Crippen molar-refractivity contribution in [3.05, 3.63) is 0 Å². The number of rotatable bonds is 9. The van der Waals surface area contributed by atoms with Gasteiger partial charge in [0, 0.05) is 6.61 Å². The van der Waals surface area contributed by atoms with Gasteiger partial charge in [0.05, 0.1) is 37.2 Å². The average molecular weight is 259 g/mol. The van der Waals surface area contributed by atoms with Crippen molar-refractivity contribution in [1.29, 1.82) is 0 Å². The molecule has 3 nitrogen and oxygen atoms in total. The van der Waals surface area contributed by atoms with Gasteiger partial charge in [0.1, 0.15) is 0 Å². The molecule has 0 heterocycles. The fourth-order valence-electron chi connectivity index (χ4n) is 0.864. The first-order valence-corrected chi connectivity index (χ1v) is 6.16. The standard InChI is InChI=1S/C10H20Cl2O3/c1-8(2)5-14-7-10(4-12)15-6-9(13)3-11/h8-10,13H,3-7H2,1-2H3. The molecule has 92 valence electrons. The second-order valence-electron chi connectivity index (χ2n) is 3.85. The maximum atomic E-state index is 9.18. The zero-order chi connectivity index (χ0) is 11.7. The molecule has 2 atom stereocenters. The smallest absolute Gasteiger partial charge is 0.0944 e. The summed E-state index contributed by atoms with van der Waals surface area (Å²) in [5.41, 5.74) is 0. The number of ether oxygens (including phenoxy) is 2. The monoisotopic (exact) mass is 258 g/mol. The Morgan fingerprint density at radius 2 is 1.73 bits per heavy atom. The fraction of sp³-hybridized carbons (Fsp3) is 1.00. The summed E-state index contributed by atoms with van der Waals surface area (Å²) < 4.78 is 10.7. The summed E-state index contributed by atoms with van der Waals surface area (Å²) in [6.07, 6.45) is -0.814. The van der Waals surface area contributed by atoms with E-state index in [4.69, 9.17) is 32.7 Å². The molecule has 0 fully saturated rings. The van der Waals surface area contributed by atoms with Gasteiger partial charge in [0.15, 0.2) is 0 Å². The Balaban J connectivity index is 3.54. The van der Waals surface area contributed by atoms with Crippen molar-refractivity contribution in [2.75, 3.05) is 31.6 Å². The molecule has 0 spiro atoms. The van der Waals surface area contributed by atoms with Crippen molar-refractivity contribution in [2.24, 2.45) is 5.92 Å². The summed E-state index contributed by atoms with van der Waals surface area (Å²) in [4.78, 5) is 0. The molecule has 0 saturated carbocycles. The molecule has 0 bridgehead atoms. The number of halogens is 2. The van der Waals surface area contributed by atoms with E-state index in [1.54, 1.807) is 0 Å². The molecule has 0 rings (SSSR count). The molecule has 0 aliphatic rings. The van der Waals surface area contributed by atoms with Gasteiger partial charge in [-0.2, -0.15) is 0 Å². The predicted octanol–water partition coefficient (Wildman–Crippen LogP) is 1.88. The highest BCUT2D eigenvalue weighted by atomic mass is 35.5. The van der Waals surface area contributed by atoms with E-state index in [9.17, 15) is 5.11 Å². The van der Waals surface area contributed by atoms with E-state index in [2.05, 4.69) is 13.8 Å². The van der Waals surface area contributed by atoms with Crippen LogP contribution in [0.5, 0.6) is 0 Å². The van der Waals surface area contributed by atoms with Gasteiger partial charge in [0.25, 0.3) is 0 Å². The number of hydrogen-bond acceptors (Lipinski definition) is 3. The Morgan fingerprint density at radius 3 is 2.20 bits per heavy atom.